The van der Waals surface area contributed by atoms with Crippen LogP contribution in [0.2, 0.25) is 5.02 Å². The van der Waals surface area contributed by atoms with Crippen LogP contribution in [0.25, 0.3) is 28.1 Å². The lowest BCUT2D eigenvalue weighted by Gasteiger charge is -2.18. The third kappa shape index (κ3) is 5.09. The Bertz CT molecular complexity index is 1830. The Kier molecular flexibility index (Phi) is 6.72. The van der Waals surface area contributed by atoms with Gasteiger partial charge in [0.05, 0.1) is 21.7 Å². The summed E-state index contributed by atoms with van der Waals surface area (Å²) in [6, 6.07) is 15.8. The van der Waals surface area contributed by atoms with Gasteiger partial charge in [-0.05, 0) is 42.7 Å². The van der Waals surface area contributed by atoms with E-state index in [0.717, 1.165) is 28.4 Å². The number of hydrogen-bond donors (Lipinski definition) is 2. The fourth-order valence-electron chi connectivity index (χ4n) is 4.72. The molecule has 0 bridgehead atoms. The highest BCUT2D eigenvalue weighted by molar-refractivity contribution is 6.38. The molecule has 0 spiro atoms. The van der Waals surface area contributed by atoms with Gasteiger partial charge in [0.2, 0.25) is 17.6 Å². The summed E-state index contributed by atoms with van der Waals surface area (Å²) in [5.74, 6) is -0.462. The number of nitrogens with zero attached hydrogens (tertiary/aromatic N) is 4. The van der Waals surface area contributed by atoms with Gasteiger partial charge in [0, 0.05) is 36.9 Å². The molecule has 1 aliphatic rings. The van der Waals surface area contributed by atoms with E-state index in [1.165, 1.54) is 0 Å². The molecule has 0 saturated heterocycles. The van der Waals surface area contributed by atoms with Gasteiger partial charge in [-0.1, -0.05) is 47.1 Å². The second-order valence-electron chi connectivity index (χ2n) is 10.00. The van der Waals surface area contributed by atoms with E-state index in [-0.39, 0.29) is 12.1 Å². The molecular weight excluding hydrogens is 573 g/mol. The van der Waals surface area contributed by atoms with Crippen molar-refractivity contribution < 1.29 is 27.3 Å². The summed E-state index contributed by atoms with van der Waals surface area (Å²) in [4.78, 5) is 33.5. The molecule has 1 saturated carbocycles. The molecule has 3 aromatic heterocycles. The van der Waals surface area contributed by atoms with Crippen molar-refractivity contribution in [1.29, 1.82) is 0 Å². The number of halogens is 4. The van der Waals surface area contributed by atoms with Crippen LogP contribution in [0, 0.1) is 6.92 Å². The third-order valence-corrected chi connectivity index (χ3v) is 7.45. The molecule has 2 N–H and O–H groups in total. The van der Waals surface area contributed by atoms with Crippen molar-refractivity contribution >= 4 is 34.3 Å². The van der Waals surface area contributed by atoms with E-state index in [0.29, 0.717) is 47.5 Å². The van der Waals surface area contributed by atoms with Crippen molar-refractivity contribution in [3.63, 3.8) is 0 Å². The molecule has 0 atom stereocenters. The summed E-state index contributed by atoms with van der Waals surface area (Å²) in [5.41, 5.74) is 0.516. The molecule has 214 valence electrons. The number of rotatable bonds is 7. The number of nitrogens with one attached hydrogen (secondary N) is 2. The second-order valence-corrected chi connectivity index (χ2v) is 10.4. The quantitative estimate of drug-likeness (QED) is 0.252. The van der Waals surface area contributed by atoms with E-state index in [2.05, 4.69) is 25.8 Å². The molecular formula is C29H22ClF3N6O3. The zero-order chi connectivity index (χ0) is 29.6. The molecule has 6 rings (SSSR count). The molecule has 42 heavy (non-hydrogen) atoms. The van der Waals surface area contributed by atoms with Gasteiger partial charge >= 0.3 is 6.18 Å². The zero-order valence-electron chi connectivity index (χ0n) is 22.0. The van der Waals surface area contributed by atoms with Crippen LogP contribution in [0.15, 0.2) is 71.5 Å². The number of fused-ring (bicyclic) bond motifs is 1. The number of aryl methyl sites for hydroxylation is 1. The maximum atomic E-state index is 13.0. The maximum Gasteiger partial charge on any atom is 0.417 e. The zero-order valence-corrected chi connectivity index (χ0v) is 22.8. The van der Waals surface area contributed by atoms with Gasteiger partial charge in [-0.15, -0.1) is 0 Å². The lowest BCUT2D eigenvalue weighted by atomic mass is 10.1. The van der Waals surface area contributed by atoms with E-state index in [1.54, 1.807) is 6.92 Å². The van der Waals surface area contributed by atoms with Crippen LogP contribution in [0.3, 0.4) is 0 Å². The third-order valence-electron chi connectivity index (χ3n) is 7.07. The number of carbonyl (C=O) groups excluding carboxylic acids is 2. The molecule has 2 aromatic carbocycles. The molecule has 3 heterocycles. The monoisotopic (exact) mass is 594 g/mol. The fraction of sp³-hybridized carbons (Fsp3) is 0.207. The highest BCUT2D eigenvalue weighted by Gasteiger charge is 2.51. The molecule has 13 heteroatoms. The molecule has 1 fully saturated rings. The van der Waals surface area contributed by atoms with E-state index in [4.69, 9.17) is 16.1 Å². The first kappa shape index (κ1) is 27.5. The Balaban J connectivity index is 1.17. The summed E-state index contributed by atoms with van der Waals surface area (Å²) >= 11 is 6.75. The van der Waals surface area contributed by atoms with Crippen LogP contribution in [-0.2, 0) is 17.5 Å². The summed E-state index contributed by atoms with van der Waals surface area (Å²) in [6.45, 7) is 1.87. The van der Waals surface area contributed by atoms with Gasteiger partial charge in [-0.25, -0.2) is 0 Å². The first-order chi connectivity index (χ1) is 20.1. The average molecular weight is 595 g/mol. The number of hydrogen-bond acceptors (Lipinski definition) is 6. The van der Waals surface area contributed by atoms with E-state index in [9.17, 15) is 22.8 Å². The van der Waals surface area contributed by atoms with Crippen LogP contribution < -0.4 is 10.6 Å². The smallest absolute Gasteiger partial charge is 0.350 e. The number of benzene rings is 2. The molecule has 0 radical (unpaired) electrons. The minimum absolute atomic E-state index is 0.173. The Hall–Kier alpha value is -4.71. The molecule has 9 nitrogen and oxygen atoms in total. The number of amides is 2. The van der Waals surface area contributed by atoms with Gasteiger partial charge < -0.3 is 19.7 Å². The minimum Gasteiger partial charge on any atom is -0.350 e. The van der Waals surface area contributed by atoms with Gasteiger partial charge in [-0.3, -0.25) is 14.6 Å². The SMILES string of the molecule is Cc1nc(-c2c(Cl)c3ccccc3n2-c2ccc(CNC(=O)C3(NC(=O)c4cncc(C(F)(F)F)c4)CC3)cc2)no1. The van der Waals surface area contributed by atoms with Gasteiger partial charge in [-0.2, -0.15) is 18.2 Å². The standard InChI is InChI=1S/C29H22ClF3N6O3/c1-16-36-25(38-42-16)24-23(30)21-4-2-3-5-22(21)39(24)20-8-6-17(7-9-20)13-35-27(41)28(10-11-28)37-26(40)18-12-19(15-34-14-18)29(31,32)33/h2-9,12,14-15H,10-11,13H2,1H3,(H,35,41)(H,37,40). The molecule has 5 aromatic rings. The number of pyridine rings is 1. The summed E-state index contributed by atoms with van der Waals surface area (Å²) in [5, 5.41) is 10.8. The van der Waals surface area contributed by atoms with Crippen LogP contribution in [0.1, 0.15) is 40.2 Å². The highest BCUT2D eigenvalue weighted by atomic mass is 35.5. The first-order valence-corrected chi connectivity index (χ1v) is 13.3. The second kappa shape index (κ2) is 10.3. The van der Waals surface area contributed by atoms with Crippen LogP contribution >= 0.6 is 11.6 Å². The first-order valence-electron chi connectivity index (χ1n) is 12.9. The predicted octanol–water partition coefficient (Wildman–Crippen LogP) is 5.63. The topological polar surface area (TPSA) is 115 Å². The van der Waals surface area contributed by atoms with Gasteiger partial charge in [0.25, 0.3) is 5.91 Å². The maximum absolute atomic E-state index is 13.0. The van der Waals surface area contributed by atoms with Crippen molar-refractivity contribution in [2.45, 2.75) is 38.0 Å². The number of para-hydroxylation sites is 1. The molecule has 1 aliphatic carbocycles. The average Bonchev–Trinajstić information content (AvgIpc) is 3.54. The number of alkyl halides is 3. The molecule has 2 amide bonds. The van der Waals surface area contributed by atoms with E-state index >= 15 is 0 Å². The Morgan fingerprint density at radius 1 is 1.10 bits per heavy atom. The van der Waals surface area contributed by atoms with Gasteiger partial charge in [0.1, 0.15) is 11.2 Å². The van der Waals surface area contributed by atoms with Crippen molar-refractivity contribution in [2.24, 2.45) is 0 Å². The van der Waals surface area contributed by atoms with Crippen molar-refractivity contribution in [1.82, 2.24) is 30.3 Å². The Labute approximate surface area is 241 Å². The predicted molar refractivity (Wildman–Crippen MR) is 147 cm³/mol. The molecule has 0 aliphatic heterocycles. The summed E-state index contributed by atoms with van der Waals surface area (Å²) < 4.78 is 46.1. The largest absolute Gasteiger partial charge is 0.417 e. The van der Waals surface area contributed by atoms with Crippen molar-refractivity contribution in [3.8, 4) is 17.2 Å². The van der Waals surface area contributed by atoms with Crippen molar-refractivity contribution in [2.75, 3.05) is 0 Å². The van der Waals surface area contributed by atoms with Gasteiger partial charge in [0.15, 0.2) is 0 Å². The summed E-state index contributed by atoms with van der Waals surface area (Å²) in [6.07, 6.45) is -2.22. The van der Waals surface area contributed by atoms with E-state index < -0.39 is 29.1 Å². The lowest BCUT2D eigenvalue weighted by molar-refractivity contribution is -0.137. The molecule has 0 unspecified atom stereocenters. The van der Waals surface area contributed by atoms with Crippen molar-refractivity contribution in [3.05, 3.63) is 94.6 Å². The Morgan fingerprint density at radius 2 is 1.83 bits per heavy atom. The lowest BCUT2D eigenvalue weighted by Crippen LogP contribution is -2.48. The number of aromatic nitrogens is 4. The van der Waals surface area contributed by atoms with Crippen LogP contribution in [0.5, 0.6) is 0 Å². The highest BCUT2D eigenvalue weighted by Crippen LogP contribution is 2.39. The fourth-order valence-corrected chi connectivity index (χ4v) is 5.05. The Morgan fingerprint density at radius 3 is 2.50 bits per heavy atom. The number of carbonyl (C=O) groups is 2. The van der Waals surface area contributed by atoms with Crippen LogP contribution in [-0.4, -0.2) is 37.0 Å². The van der Waals surface area contributed by atoms with E-state index in [1.807, 2.05) is 53.1 Å². The normalized spacial score (nSPS) is 14.1. The summed E-state index contributed by atoms with van der Waals surface area (Å²) in [7, 11) is 0. The van der Waals surface area contributed by atoms with Crippen LogP contribution in [0.4, 0.5) is 13.2 Å². The minimum atomic E-state index is -4.64.